The number of H-pyrrole nitrogens is 1. The summed E-state index contributed by atoms with van der Waals surface area (Å²) in [6.45, 7) is 5.26. The van der Waals surface area contributed by atoms with E-state index >= 15 is 0 Å². The second kappa shape index (κ2) is 6.37. The summed E-state index contributed by atoms with van der Waals surface area (Å²) in [4.78, 5) is 7.73. The van der Waals surface area contributed by atoms with Gasteiger partial charge in [-0.05, 0) is 26.0 Å². The molecule has 0 saturated carbocycles. The average molecular weight is 359 g/mol. The Kier molecular flexibility index (Phi) is 4.05. The van der Waals surface area contributed by atoms with Gasteiger partial charge in [-0.15, -0.1) is 0 Å². The number of halogens is 1. The number of aromatic nitrogens is 2. The van der Waals surface area contributed by atoms with Gasteiger partial charge in [-0.3, -0.25) is 0 Å². The largest absolute Gasteiger partial charge is 0.486 e. The molecule has 3 heterocycles. The van der Waals surface area contributed by atoms with Crippen LogP contribution in [0.25, 0.3) is 11.0 Å². The number of aromatic amines is 1. The van der Waals surface area contributed by atoms with E-state index in [4.69, 9.17) is 21.1 Å². The van der Waals surface area contributed by atoms with Crippen LogP contribution in [0.15, 0.2) is 30.5 Å². The molecule has 3 aromatic rings. The lowest BCUT2D eigenvalue weighted by Gasteiger charge is -2.21. The lowest BCUT2D eigenvalue weighted by molar-refractivity contribution is 0.172. The van der Waals surface area contributed by atoms with Crippen molar-refractivity contribution in [2.45, 2.75) is 19.9 Å². The van der Waals surface area contributed by atoms with E-state index in [1.807, 2.05) is 24.3 Å². The van der Waals surface area contributed by atoms with Crippen molar-refractivity contribution in [2.75, 3.05) is 23.8 Å². The predicted octanol–water partition coefficient (Wildman–Crippen LogP) is 4.55. The molecule has 1 aliphatic rings. The Labute approximate surface area is 150 Å². The van der Waals surface area contributed by atoms with Crippen molar-refractivity contribution in [3.63, 3.8) is 0 Å². The van der Waals surface area contributed by atoms with Gasteiger partial charge in [0, 0.05) is 18.3 Å². The molecule has 0 fully saturated rings. The first kappa shape index (κ1) is 15.9. The number of benzene rings is 1. The van der Waals surface area contributed by atoms with Crippen molar-refractivity contribution in [3.05, 3.63) is 35.5 Å². The van der Waals surface area contributed by atoms with Gasteiger partial charge in [0.15, 0.2) is 11.5 Å². The SMILES string of the molecule is CC(C)Nc1cc(Nc2cccc3c2OCCO3)nc2[nH]cc(Cl)c12. The molecular formula is C18H19ClN4O2. The number of rotatable bonds is 4. The lowest BCUT2D eigenvalue weighted by Crippen LogP contribution is -2.16. The second-order valence-electron chi connectivity index (χ2n) is 6.17. The van der Waals surface area contributed by atoms with Gasteiger partial charge in [-0.1, -0.05) is 17.7 Å². The molecule has 2 aromatic heterocycles. The third kappa shape index (κ3) is 3.05. The molecule has 0 saturated heterocycles. The molecule has 7 heteroatoms. The summed E-state index contributed by atoms with van der Waals surface area (Å²) in [5.41, 5.74) is 2.47. The van der Waals surface area contributed by atoms with Crippen LogP contribution in [-0.2, 0) is 0 Å². The summed E-state index contributed by atoms with van der Waals surface area (Å²) in [6.07, 6.45) is 1.75. The number of hydrogen-bond donors (Lipinski definition) is 3. The lowest BCUT2D eigenvalue weighted by atomic mass is 10.2. The van der Waals surface area contributed by atoms with Crippen molar-refractivity contribution < 1.29 is 9.47 Å². The van der Waals surface area contributed by atoms with Gasteiger partial charge in [-0.2, -0.15) is 0 Å². The van der Waals surface area contributed by atoms with E-state index in [1.165, 1.54) is 0 Å². The van der Waals surface area contributed by atoms with E-state index in [0.29, 0.717) is 29.8 Å². The topological polar surface area (TPSA) is 71.2 Å². The molecule has 4 rings (SSSR count). The van der Waals surface area contributed by atoms with E-state index < -0.39 is 0 Å². The van der Waals surface area contributed by atoms with E-state index in [0.717, 1.165) is 28.2 Å². The molecule has 0 amide bonds. The molecular weight excluding hydrogens is 340 g/mol. The molecule has 0 unspecified atom stereocenters. The molecule has 0 radical (unpaired) electrons. The third-order valence-corrected chi connectivity index (χ3v) is 4.17. The fourth-order valence-electron chi connectivity index (χ4n) is 2.89. The minimum absolute atomic E-state index is 0.269. The maximum atomic E-state index is 6.30. The van der Waals surface area contributed by atoms with Crippen LogP contribution in [0.3, 0.4) is 0 Å². The number of nitrogens with zero attached hydrogens (tertiary/aromatic N) is 1. The molecule has 1 aromatic carbocycles. The summed E-state index contributed by atoms with van der Waals surface area (Å²) in [5, 5.41) is 8.28. The van der Waals surface area contributed by atoms with Gasteiger partial charge in [0.25, 0.3) is 0 Å². The maximum absolute atomic E-state index is 6.30. The zero-order chi connectivity index (χ0) is 17.4. The maximum Gasteiger partial charge on any atom is 0.184 e. The molecule has 6 nitrogen and oxygen atoms in total. The first-order chi connectivity index (χ1) is 12.1. The van der Waals surface area contributed by atoms with Crippen LogP contribution in [0, 0.1) is 0 Å². The van der Waals surface area contributed by atoms with Crippen LogP contribution >= 0.6 is 11.6 Å². The van der Waals surface area contributed by atoms with Crippen LogP contribution in [-0.4, -0.2) is 29.2 Å². The van der Waals surface area contributed by atoms with Crippen LogP contribution in [0.4, 0.5) is 17.2 Å². The highest BCUT2D eigenvalue weighted by Gasteiger charge is 2.17. The number of fused-ring (bicyclic) bond motifs is 2. The van der Waals surface area contributed by atoms with Gasteiger partial charge < -0.3 is 25.1 Å². The van der Waals surface area contributed by atoms with Crippen molar-refractivity contribution in [1.29, 1.82) is 0 Å². The van der Waals surface area contributed by atoms with Crippen LogP contribution in [0.1, 0.15) is 13.8 Å². The Morgan fingerprint density at radius 3 is 2.88 bits per heavy atom. The Bertz CT molecular complexity index is 923. The summed E-state index contributed by atoms with van der Waals surface area (Å²) in [7, 11) is 0. The molecule has 0 spiro atoms. The number of pyridine rings is 1. The van der Waals surface area contributed by atoms with Crippen LogP contribution in [0.2, 0.25) is 5.02 Å². The third-order valence-electron chi connectivity index (χ3n) is 3.87. The Morgan fingerprint density at radius 2 is 2.04 bits per heavy atom. The smallest absolute Gasteiger partial charge is 0.184 e. The summed E-state index contributed by atoms with van der Waals surface area (Å²) in [5.74, 6) is 2.14. The van der Waals surface area contributed by atoms with Gasteiger partial charge in [0.2, 0.25) is 0 Å². The number of nitrogens with one attached hydrogen (secondary N) is 3. The van der Waals surface area contributed by atoms with Crippen molar-refractivity contribution in [1.82, 2.24) is 9.97 Å². The van der Waals surface area contributed by atoms with E-state index in [2.05, 4.69) is 34.4 Å². The zero-order valence-electron chi connectivity index (χ0n) is 14.0. The number of para-hydroxylation sites is 1. The number of ether oxygens (including phenoxy) is 2. The Morgan fingerprint density at radius 1 is 1.20 bits per heavy atom. The highest BCUT2D eigenvalue weighted by molar-refractivity contribution is 6.36. The summed E-state index contributed by atoms with van der Waals surface area (Å²) >= 11 is 6.30. The highest BCUT2D eigenvalue weighted by atomic mass is 35.5. The van der Waals surface area contributed by atoms with Gasteiger partial charge >= 0.3 is 0 Å². The Hall–Kier alpha value is -2.60. The van der Waals surface area contributed by atoms with Crippen molar-refractivity contribution in [2.24, 2.45) is 0 Å². The zero-order valence-corrected chi connectivity index (χ0v) is 14.8. The predicted molar refractivity (Wildman–Crippen MR) is 101 cm³/mol. The average Bonchev–Trinajstić information content (AvgIpc) is 2.96. The molecule has 130 valence electrons. The fraction of sp³-hybridized carbons (Fsp3) is 0.278. The quantitative estimate of drug-likeness (QED) is 0.638. The standard InChI is InChI=1S/C18H19ClN4O2/c1-10(2)21-13-8-15(23-18-16(13)11(19)9-20-18)22-12-4-3-5-14-17(12)25-7-6-24-14/h3-5,8-10H,6-7H2,1-2H3,(H3,20,21,22,23). The molecule has 0 bridgehead atoms. The van der Waals surface area contributed by atoms with Crippen molar-refractivity contribution >= 4 is 39.8 Å². The molecule has 1 aliphatic heterocycles. The molecule has 3 N–H and O–H groups in total. The minimum Gasteiger partial charge on any atom is -0.486 e. The van der Waals surface area contributed by atoms with E-state index in [9.17, 15) is 0 Å². The summed E-state index contributed by atoms with van der Waals surface area (Å²) < 4.78 is 11.4. The van der Waals surface area contributed by atoms with E-state index in [1.54, 1.807) is 6.20 Å². The Balaban J connectivity index is 1.75. The first-order valence-corrected chi connectivity index (χ1v) is 8.59. The number of anilines is 3. The fourth-order valence-corrected chi connectivity index (χ4v) is 3.14. The van der Waals surface area contributed by atoms with Crippen molar-refractivity contribution in [3.8, 4) is 11.5 Å². The summed E-state index contributed by atoms with van der Waals surface area (Å²) in [6, 6.07) is 7.98. The molecule has 0 atom stereocenters. The van der Waals surface area contributed by atoms with Gasteiger partial charge in [0.05, 0.1) is 21.8 Å². The van der Waals surface area contributed by atoms with Crippen LogP contribution < -0.4 is 20.1 Å². The minimum atomic E-state index is 0.269. The van der Waals surface area contributed by atoms with Crippen LogP contribution in [0.5, 0.6) is 11.5 Å². The number of hydrogen-bond acceptors (Lipinski definition) is 5. The van der Waals surface area contributed by atoms with Gasteiger partial charge in [0.1, 0.15) is 24.7 Å². The molecule has 0 aliphatic carbocycles. The van der Waals surface area contributed by atoms with E-state index in [-0.39, 0.29) is 6.04 Å². The second-order valence-corrected chi connectivity index (χ2v) is 6.58. The highest BCUT2D eigenvalue weighted by Crippen LogP contribution is 2.39. The first-order valence-electron chi connectivity index (χ1n) is 8.21. The normalized spacial score (nSPS) is 13.3. The van der Waals surface area contributed by atoms with Gasteiger partial charge in [-0.25, -0.2) is 4.98 Å². The monoisotopic (exact) mass is 358 g/mol. The molecule has 25 heavy (non-hydrogen) atoms.